The number of anilines is 2. The Bertz CT molecular complexity index is 1060. The SMILES string of the molecule is c1cc(-c2csc(-c3csc(Nc4ccc5c(c4)OCO5)n3)n2)ccn1. The summed E-state index contributed by atoms with van der Waals surface area (Å²) in [6, 6.07) is 9.65. The van der Waals surface area contributed by atoms with Crippen LogP contribution in [0.5, 0.6) is 11.5 Å². The van der Waals surface area contributed by atoms with E-state index in [-0.39, 0.29) is 6.79 Å². The smallest absolute Gasteiger partial charge is 0.231 e. The van der Waals surface area contributed by atoms with Crippen molar-refractivity contribution in [3.8, 4) is 33.5 Å². The minimum absolute atomic E-state index is 0.268. The summed E-state index contributed by atoms with van der Waals surface area (Å²) in [7, 11) is 0. The first-order valence-corrected chi connectivity index (χ1v) is 9.59. The molecule has 0 spiro atoms. The molecule has 0 saturated heterocycles. The van der Waals surface area contributed by atoms with Gasteiger partial charge in [0.05, 0.1) is 5.69 Å². The highest BCUT2D eigenvalue weighted by Gasteiger charge is 2.14. The second-order valence-corrected chi connectivity index (χ2v) is 7.22. The summed E-state index contributed by atoms with van der Waals surface area (Å²) >= 11 is 3.12. The summed E-state index contributed by atoms with van der Waals surface area (Å²) in [6.07, 6.45) is 3.54. The lowest BCUT2D eigenvalue weighted by molar-refractivity contribution is 0.174. The Morgan fingerprint density at radius 3 is 2.65 bits per heavy atom. The van der Waals surface area contributed by atoms with Gasteiger partial charge in [0.1, 0.15) is 10.7 Å². The fourth-order valence-corrected chi connectivity index (χ4v) is 4.15. The monoisotopic (exact) mass is 380 g/mol. The number of nitrogens with one attached hydrogen (secondary N) is 1. The largest absolute Gasteiger partial charge is 0.454 e. The van der Waals surface area contributed by atoms with Gasteiger partial charge < -0.3 is 14.8 Å². The van der Waals surface area contributed by atoms with Gasteiger partial charge in [0.25, 0.3) is 0 Å². The number of pyridine rings is 1. The van der Waals surface area contributed by atoms with Gasteiger partial charge in [0.2, 0.25) is 6.79 Å². The average molecular weight is 380 g/mol. The van der Waals surface area contributed by atoms with E-state index < -0.39 is 0 Å². The molecule has 0 saturated carbocycles. The van der Waals surface area contributed by atoms with Crippen LogP contribution in [0.25, 0.3) is 22.0 Å². The number of hydrogen-bond donors (Lipinski definition) is 1. The molecule has 4 heterocycles. The van der Waals surface area contributed by atoms with E-state index in [0.717, 1.165) is 44.3 Å². The minimum atomic E-state index is 0.268. The lowest BCUT2D eigenvalue weighted by atomic mass is 10.2. The van der Waals surface area contributed by atoms with E-state index in [0.29, 0.717) is 0 Å². The highest BCUT2D eigenvalue weighted by molar-refractivity contribution is 7.15. The highest BCUT2D eigenvalue weighted by Crippen LogP contribution is 2.36. The van der Waals surface area contributed by atoms with Crippen molar-refractivity contribution in [3.05, 3.63) is 53.5 Å². The molecule has 0 radical (unpaired) electrons. The number of fused-ring (bicyclic) bond motifs is 1. The summed E-state index contributed by atoms with van der Waals surface area (Å²) in [5.74, 6) is 1.51. The average Bonchev–Trinajstić information content (AvgIpc) is 3.42. The molecule has 1 aliphatic heterocycles. The van der Waals surface area contributed by atoms with Crippen molar-refractivity contribution >= 4 is 33.5 Å². The van der Waals surface area contributed by atoms with E-state index in [9.17, 15) is 0 Å². The van der Waals surface area contributed by atoms with Gasteiger partial charge in [-0.15, -0.1) is 22.7 Å². The number of aromatic nitrogens is 3. The van der Waals surface area contributed by atoms with Crippen molar-refractivity contribution in [3.63, 3.8) is 0 Å². The van der Waals surface area contributed by atoms with Crippen molar-refractivity contribution in [1.82, 2.24) is 15.0 Å². The quantitative estimate of drug-likeness (QED) is 0.548. The Balaban J connectivity index is 1.36. The predicted molar refractivity (Wildman–Crippen MR) is 102 cm³/mol. The van der Waals surface area contributed by atoms with E-state index in [1.54, 1.807) is 23.7 Å². The Kier molecular flexibility index (Phi) is 3.76. The second-order valence-electron chi connectivity index (χ2n) is 5.50. The molecule has 8 heteroatoms. The molecule has 0 amide bonds. The lowest BCUT2D eigenvalue weighted by Gasteiger charge is -2.03. The van der Waals surface area contributed by atoms with E-state index in [1.165, 1.54) is 11.3 Å². The first kappa shape index (κ1) is 15.3. The van der Waals surface area contributed by atoms with Gasteiger partial charge in [0.15, 0.2) is 16.6 Å². The fourth-order valence-electron chi connectivity index (χ4n) is 2.57. The highest BCUT2D eigenvalue weighted by atomic mass is 32.1. The maximum Gasteiger partial charge on any atom is 0.231 e. The van der Waals surface area contributed by atoms with Gasteiger partial charge >= 0.3 is 0 Å². The van der Waals surface area contributed by atoms with Gasteiger partial charge in [-0.3, -0.25) is 4.98 Å². The van der Waals surface area contributed by atoms with Crippen LogP contribution in [-0.2, 0) is 0 Å². The Morgan fingerprint density at radius 2 is 1.73 bits per heavy atom. The zero-order valence-corrected chi connectivity index (χ0v) is 15.0. The summed E-state index contributed by atoms with van der Waals surface area (Å²) in [5.41, 5.74) is 3.76. The molecule has 0 aliphatic carbocycles. The Labute approximate surface area is 157 Å². The van der Waals surface area contributed by atoms with Crippen LogP contribution in [0, 0.1) is 0 Å². The molecule has 3 aromatic heterocycles. The Hall–Kier alpha value is -2.97. The van der Waals surface area contributed by atoms with Gasteiger partial charge in [-0.05, 0) is 24.3 Å². The van der Waals surface area contributed by atoms with Crippen molar-refractivity contribution in [2.45, 2.75) is 0 Å². The number of hydrogen-bond acceptors (Lipinski definition) is 8. The van der Waals surface area contributed by atoms with Gasteiger partial charge in [-0.2, -0.15) is 0 Å². The maximum absolute atomic E-state index is 5.40. The third-order valence-electron chi connectivity index (χ3n) is 3.83. The van der Waals surface area contributed by atoms with E-state index in [2.05, 4.69) is 20.3 Å². The fraction of sp³-hybridized carbons (Fsp3) is 0.0556. The molecular weight excluding hydrogens is 368 g/mol. The van der Waals surface area contributed by atoms with Crippen molar-refractivity contribution in [2.75, 3.05) is 12.1 Å². The maximum atomic E-state index is 5.40. The lowest BCUT2D eigenvalue weighted by Crippen LogP contribution is -1.93. The van der Waals surface area contributed by atoms with Crippen molar-refractivity contribution < 1.29 is 9.47 Å². The first-order chi connectivity index (χ1) is 12.8. The molecule has 0 atom stereocenters. The van der Waals surface area contributed by atoms with Gasteiger partial charge in [0, 0.05) is 40.5 Å². The standard InChI is InChI=1S/C18H12N4O2S2/c1-2-15-16(24-10-23-15)7-12(1)20-18-22-14(9-26-18)17-21-13(8-25-17)11-3-5-19-6-4-11/h1-9H,10H2,(H,20,22). The van der Waals surface area contributed by atoms with Gasteiger partial charge in [-0.1, -0.05) is 0 Å². The summed E-state index contributed by atoms with van der Waals surface area (Å²) < 4.78 is 10.7. The van der Waals surface area contributed by atoms with Gasteiger partial charge in [-0.25, -0.2) is 9.97 Å². The molecule has 0 unspecified atom stereocenters. The molecule has 26 heavy (non-hydrogen) atoms. The molecule has 0 bridgehead atoms. The molecule has 6 nitrogen and oxygen atoms in total. The molecule has 0 fully saturated rings. The zero-order chi connectivity index (χ0) is 17.3. The third kappa shape index (κ3) is 2.89. The van der Waals surface area contributed by atoms with E-state index in [1.807, 2.05) is 41.1 Å². The van der Waals surface area contributed by atoms with Crippen molar-refractivity contribution in [1.29, 1.82) is 0 Å². The number of rotatable bonds is 4. The van der Waals surface area contributed by atoms with Crippen LogP contribution >= 0.6 is 22.7 Å². The van der Waals surface area contributed by atoms with Crippen molar-refractivity contribution in [2.24, 2.45) is 0 Å². The molecule has 128 valence electrons. The second kappa shape index (κ2) is 6.40. The molecule has 1 N–H and O–H groups in total. The van der Waals surface area contributed by atoms with E-state index in [4.69, 9.17) is 9.47 Å². The van der Waals surface area contributed by atoms with Crippen LogP contribution in [0.15, 0.2) is 53.5 Å². The predicted octanol–water partition coefficient (Wildman–Crippen LogP) is 4.80. The summed E-state index contributed by atoms with van der Waals surface area (Å²) in [6.45, 7) is 0.268. The zero-order valence-electron chi connectivity index (χ0n) is 13.4. The normalized spacial score (nSPS) is 12.3. The van der Waals surface area contributed by atoms with Crippen LogP contribution in [0.1, 0.15) is 0 Å². The number of thiazole rings is 2. The van der Waals surface area contributed by atoms with E-state index >= 15 is 0 Å². The molecule has 1 aliphatic rings. The number of nitrogens with zero attached hydrogens (tertiary/aromatic N) is 3. The Morgan fingerprint density at radius 1 is 0.885 bits per heavy atom. The third-order valence-corrected chi connectivity index (χ3v) is 5.45. The van der Waals surface area contributed by atoms with Crippen LogP contribution < -0.4 is 14.8 Å². The molecule has 4 aromatic rings. The molecular formula is C18H12N4O2S2. The van der Waals surface area contributed by atoms with Crippen LogP contribution in [0.3, 0.4) is 0 Å². The first-order valence-electron chi connectivity index (χ1n) is 7.84. The molecule has 1 aromatic carbocycles. The van der Waals surface area contributed by atoms with Crippen LogP contribution in [0.4, 0.5) is 10.8 Å². The number of benzene rings is 1. The molecule has 5 rings (SSSR count). The van der Waals surface area contributed by atoms with Crippen LogP contribution in [0.2, 0.25) is 0 Å². The van der Waals surface area contributed by atoms with Crippen LogP contribution in [-0.4, -0.2) is 21.7 Å². The number of ether oxygens (including phenoxy) is 2. The topological polar surface area (TPSA) is 69.2 Å². The minimum Gasteiger partial charge on any atom is -0.454 e. The summed E-state index contributed by atoms with van der Waals surface area (Å²) in [4.78, 5) is 13.4. The summed E-state index contributed by atoms with van der Waals surface area (Å²) in [5, 5.41) is 9.04.